The number of ether oxygens (including phenoxy) is 1. The minimum atomic E-state index is -2.19. The summed E-state index contributed by atoms with van der Waals surface area (Å²) < 4.78 is 32.4. The molecule has 0 bridgehead atoms. The lowest BCUT2D eigenvalue weighted by molar-refractivity contribution is -0.0445. The summed E-state index contributed by atoms with van der Waals surface area (Å²) in [5, 5.41) is 0. The van der Waals surface area contributed by atoms with Gasteiger partial charge in [0.2, 0.25) is 6.43 Å². The van der Waals surface area contributed by atoms with E-state index in [0.717, 1.165) is 32.3 Å². The quantitative estimate of drug-likeness (QED) is 0.397. The van der Waals surface area contributed by atoms with Crippen molar-refractivity contribution in [3.8, 4) is 0 Å². The molecule has 0 spiro atoms. The van der Waals surface area contributed by atoms with Gasteiger partial charge in [-0.25, -0.2) is 8.78 Å². The van der Waals surface area contributed by atoms with Crippen molar-refractivity contribution in [3.63, 3.8) is 0 Å². The highest BCUT2D eigenvalue weighted by molar-refractivity contribution is 5.36. The number of hydrogen-bond donors (Lipinski definition) is 0. The maximum absolute atomic E-state index is 13.0. The summed E-state index contributed by atoms with van der Waals surface area (Å²) in [7, 11) is 0. The van der Waals surface area contributed by atoms with Crippen LogP contribution in [0.15, 0.2) is 54.6 Å². The SMILES string of the molecule is CCCCOC1([C@H]2CC[C@H](C(F)F)CC2)C=CC(c2ccccc2)C=C1. The molecule has 0 amide bonds. The molecule has 0 saturated heterocycles. The first-order chi connectivity index (χ1) is 12.6. The van der Waals surface area contributed by atoms with E-state index in [9.17, 15) is 8.78 Å². The van der Waals surface area contributed by atoms with Crippen molar-refractivity contribution in [1.29, 1.82) is 0 Å². The van der Waals surface area contributed by atoms with Gasteiger partial charge in [0.05, 0.1) is 0 Å². The van der Waals surface area contributed by atoms with Gasteiger partial charge in [0, 0.05) is 18.4 Å². The Morgan fingerprint density at radius 2 is 1.69 bits per heavy atom. The van der Waals surface area contributed by atoms with Crippen LogP contribution in [0, 0.1) is 11.8 Å². The van der Waals surface area contributed by atoms with E-state index in [0.29, 0.717) is 18.8 Å². The van der Waals surface area contributed by atoms with Gasteiger partial charge >= 0.3 is 0 Å². The normalized spacial score (nSPS) is 31.5. The summed E-state index contributed by atoms with van der Waals surface area (Å²) >= 11 is 0. The molecule has 2 aliphatic carbocycles. The minimum Gasteiger partial charge on any atom is -0.367 e. The van der Waals surface area contributed by atoms with Gasteiger partial charge in [-0.3, -0.25) is 0 Å². The molecular weight excluding hydrogens is 330 g/mol. The van der Waals surface area contributed by atoms with Gasteiger partial charge in [0.1, 0.15) is 5.60 Å². The Balaban J connectivity index is 1.73. The van der Waals surface area contributed by atoms with E-state index < -0.39 is 17.9 Å². The highest BCUT2D eigenvalue weighted by Gasteiger charge is 2.40. The Bertz CT molecular complexity index is 586. The first-order valence-corrected chi connectivity index (χ1v) is 10.0. The monoisotopic (exact) mass is 360 g/mol. The van der Waals surface area contributed by atoms with E-state index in [2.05, 4.69) is 55.5 Å². The second kappa shape index (κ2) is 8.94. The number of hydrogen-bond acceptors (Lipinski definition) is 1. The number of halogens is 2. The van der Waals surface area contributed by atoms with Gasteiger partial charge in [0.25, 0.3) is 0 Å². The topological polar surface area (TPSA) is 9.23 Å². The molecule has 1 aromatic rings. The summed E-state index contributed by atoms with van der Waals surface area (Å²) in [5.41, 5.74) is 0.844. The van der Waals surface area contributed by atoms with Gasteiger partial charge in [-0.05, 0) is 43.6 Å². The molecule has 26 heavy (non-hydrogen) atoms. The van der Waals surface area contributed by atoms with Crippen LogP contribution in [0.3, 0.4) is 0 Å². The van der Waals surface area contributed by atoms with Crippen molar-refractivity contribution in [2.75, 3.05) is 6.61 Å². The lowest BCUT2D eigenvalue weighted by Gasteiger charge is -2.42. The second-order valence-corrected chi connectivity index (χ2v) is 7.66. The van der Waals surface area contributed by atoms with Crippen LogP contribution in [0.2, 0.25) is 0 Å². The molecule has 3 rings (SSSR count). The molecule has 1 nitrogen and oxygen atoms in total. The second-order valence-electron chi connectivity index (χ2n) is 7.66. The zero-order chi connectivity index (χ0) is 18.4. The van der Waals surface area contributed by atoms with Gasteiger partial charge in [-0.2, -0.15) is 0 Å². The summed E-state index contributed by atoms with van der Waals surface area (Å²) in [6.45, 7) is 2.87. The van der Waals surface area contributed by atoms with Gasteiger partial charge in [0.15, 0.2) is 0 Å². The number of unbranched alkanes of at least 4 members (excludes halogenated alkanes) is 1. The van der Waals surface area contributed by atoms with Crippen LogP contribution in [0.4, 0.5) is 8.78 Å². The van der Waals surface area contributed by atoms with Crippen molar-refractivity contribution >= 4 is 0 Å². The average molecular weight is 360 g/mol. The molecule has 0 radical (unpaired) electrons. The van der Waals surface area contributed by atoms with E-state index in [1.807, 2.05) is 6.07 Å². The Morgan fingerprint density at radius 1 is 1.04 bits per heavy atom. The zero-order valence-corrected chi connectivity index (χ0v) is 15.6. The summed E-state index contributed by atoms with van der Waals surface area (Å²) in [5.74, 6) is 0.114. The molecule has 1 saturated carbocycles. The van der Waals surface area contributed by atoms with Gasteiger partial charge in [-0.1, -0.05) is 68.0 Å². The highest BCUT2D eigenvalue weighted by atomic mass is 19.3. The van der Waals surface area contributed by atoms with Crippen LogP contribution in [-0.4, -0.2) is 18.6 Å². The standard InChI is InChI=1S/C23H30F2O/c1-2-3-17-26-23(21-11-9-20(10-12-21)22(24)25)15-13-19(14-16-23)18-7-5-4-6-8-18/h4-8,13-16,19-22H,2-3,9-12,17H2,1H3/t19?,20-,21-,23?. The smallest absolute Gasteiger partial charge is 0.241 e. The highest BCUT2D eigenvalue weighted by Crippen LogP contribution is 2.43. The molecule has 1 fully saturated rings. The van der Waals surface area contributed by atoms with Crippen LogP contribution in [0.5, 0.6) is 0 Å². The molecule has 1 aromatic carbocycles. The maximum atomic E-state index is 13.0. The van der Waals surface area contributed by atoms with Crippen molar-refractivity contribution in [2.45, 2.75) is 63.4 Å². The Labute approximate surface area is 156 Å². The van der Waals surface area contributed by atoms with E-state index in [4.69, 9.17) is 4.74 Å². The molecule has 142 valence electrons. The molecule has 0 atom stereocenters. The number of allylic oxidation sites excluding steroid dienone is 2. The third kappa shape index (κ3) is 4.43. The van der Waals surface area contributed by atoms with E-state index in [-0.39, 0.29) is 5.92 Å². The Kier molecular flexibility index (Phi) is 6.63. The summed E-state index contributed by atoms with van der Waals surface area (Å²) in [6.07, 6.45) is 11.6. The van der Waals surface area contributed by atoms with Crippen LogP contribution < -0.4 is 0 Å². The molecule has 0 unspecified atom stereocenters. The largest absolute Gasteiger partial charge is 0.367 e. The first kappa shape index (κ1) is 19.3. The van der Waals surface area contributed by atoms with Crippen molar-refractivity contribution in [1.82, 2.24) is 0 Å². The molecule has 3 heteroatoms. The number of benzene rings is 1. The van der Waals surface area contributed by atoms with E-state index in [1.165, 1.54) is 5.56 Å². The molecular formula is C23H30F2O. The predicted octanol–water partition coefficient (Wildman–Crippen LogP) is 6.52. The van der Waals surface area contributed by atoms with Crippen LogP contribution >= 0.6 is 0 Å². The molecule has 0 N–H and O–H groups in total. The third-order valence-corrected chi connectivity index (χ3v) is 5.93. The fourth-order valence-electron chi connectivity index (χ4n) is 4.23. The summed E-state index contributed by atoms with van der Waals surface area (Å²) in [4.78, 5) is 0. The number of alkyl halides is 2. The third-order valence-electron chi connectivity index (χ3n) is 5.93. The Hall–Kier alpha value is -1.48. The molecule has 0 aliphatic heterocycles. The lowest BCUT2D eigenvalue weighted by Crippen LogP contribution is -2.41. The average Bonchev–Trinajstić information content (AvgIpc) is 2.69. The lowest BCUT2D eigenvalue weighted by atomic mass is 9.71. The fraction of sp³-hybridized carbons (Fsp3) is 0.565. The first-order valence-electron chi connectivity index (χ1n) is 10.0. The molecule has 0 aromatic heterocycles. The van der Waals surface area contributed by atoms with Gasteiger partial charge in [-0.15, -0.1) is 0 Å². The molecule has 0 heterocycles. The molecule has 2 aliphatic rings. The fourth-order valence-corrected chi connectivity index (χ4v) is 4.23. The van der Waals surface area contributed by atoms with Gasteiger partial charge < -0.3 is 4.74 Å². The van der Waals surface area contributed by atoms with Crippen LogP contribution in [-0.2, 0) is 4.74 Å². The minimum absolute atomic E-state index is 0.261. The van der Waals surface area contributed by atoms with Crippen LogP contribution in [0.25, 0.3) is 0 Å². The number of rotatable bonds is 7. The Morgan fingerprint density at radius 3 is 2.27 bits per heavy atom. The maximum Gasteiger partial charge on any atom is 0.241 e. The van der Waals surface area contributed by atoms with E-state index in [1.54, 1.807) is 0 Å². The predicted molar refractivity (Wildman–Crippen MR) is 103 cm³/mol. The van der Waals surface area contributed by atoms with Crippen molar-refractivity contribution in [2.24, 2.45) is 11.8 Å². The van der Waals surface area contributed by atoms with Crippen molar-refractivity contribution < 1.29 is 13.5 Å². The van der Waals surface area contributed by atoms with E-state index >= 15 is 0 Å². The summed E-state index contributed by atoms with van der Waals surface area (Å²) in [6, 6.07) is 10.4. The van der Waals surface area contributed by atoms with Crippen LogP contribution in [0.1, 0.15) is 56.9 Å². The zero-order valence-electron chi connectivity index (χ0n) is 15.6. The van der Waals surface area contributed by atoms with Crippen molar-refractivity contribution in [3.05, 3.63) is 60.2 Å².